The van der Waals surface area contributed by atoms with Crippen LogP contribution in [-0.4, -0.2) is 25.7 Å². The van der Waals surface area contributed by atoms with E-state index in [1.165, 1.54) is 0 Å². The molecule has 0 saturated heterocycles. The highest BCUT2D eigenvalue weighted by atomic mass is 16.5. The van der Waals surface area contributed by atoms with Gasteiger partial charge in [-0.2, -0.15) is 0 Å². The van der Waals surface area contributed by atoms with Gasteiger partial charge in [0, 0.05) is 12.8 Å². The first-order valence-corrected chi connectivity index (χ1v) is 6.08. The van der Waals surface area contributed by atoms with Crippen molar-refractivity contribution in [3.8, 4) is 0 Å². The van der Waals surface area contributed by atoms with Crippen molar-refractivity contribution in [2.75, 3.05) is 19.0 Å². The van der Waals surface area contributed by atoms with Crippen molar-refractivity contribution in [2.45, 2.75) is 26.9 Å². The Hall–Kier alpha value is -1.55. The van der Waals surface area contributed by atoms with Crippen LogP contribution in [0.1, 0.15) is 20.8 Å². The zero-order valence-corrected chi connectivity index (χ0v) is 11.6. The van der Waals surface area contributed by atoms with Gasteiger partial charge in [0.2, 0.25) is 0 Å². The smallest absolute Gasteiger partial charge is 0.193 e. The number of ether oxygens (including phenoxy) is 1. The van der Waals surface area contributed by atoms with Crippen LogP contribution >= 0.6 is 0 Å². The van der Waals surface area contributed by atoms with Crippen LogP contribution in [0.2, 0.25) is 0 Å². The Bertz CT molecular complexity index is 382. The third-order valence-corrected chi connectivity index (χ3v) is 2.72. The van der Waals surface area contributed by atoms with Gasteiger partial charge < -0.3 is 15.8 Å². The topological polar surface area (TPSA) is 59.6 Å². The van der Waals surface area contributed by atoms with E-state index in [-0.39, 0.29) is 11.5 Å². The Kier molecular flexibility index (Phi) is 5.16. The van der Waals surface area contributed by atoms with E-state index in [0.717, 1.165) is 5.69 Å². The summed E-state index contributed by atoms with van der Waals surface area (Å²) in [5.41, 5.74) is 6.82. The van der Waals surface area contributed by atoms with Crippen LogP contribution in [0.15, 0.2) is 35.3 Å². The monoisotopic (exact) mass is 249 g/mol. The third-order valence-electron chi connectivity index (χ3n) is 2.72. The maximum absolute atomic E-state index is 5.84. The van der Waals surface area contributed by atoms with Crippen molar-refractivity contribution < 1.29 is 4.74 Å². The van der Waals surface area contributed by atoms with Gasteiger partial charge in [-0.25, -0.2) is 0 Å². The summed E-state index contributed by atoms with van der Waals surface area (Å²) >= 11 is 0. The van der Waals surface area contributed by atoms with E-state index in [2.05, 4.69) is 31.1 Å². The molecule has 0 heterocycles. The van der Waals surface area contributed by atoms with Gasteiger partial charge in [0.05, 0.1) is 12.6 Å². The Morgan fingerprint density at radius 3 is 2.44 bits per heavy atom. The lowest BCUT2D eigenvalue weighted by Gasteiger charge is -2.27. The molecule has 0 aromatic heterocycles. The van der Waals surface area contributed by atoms with E-state index in [4.69, 9.17) is 10.5 Å². The van der Waals surface area contributed by atoms with Gasteiger partial charge in [-0.05, 0) is 17.5 Å². The lowest BCUT2D eigenvalue weighted by Crippen LogP contribution is -2.33. The van der Waals surface area contributed by atoms with Crippen molar-refractivity contribution in [1.82, 2.24) is 0 Å². The number of benzene rings is 1. The number of methoxy groups -OCH3 is 1. The van der Waals surface area contributed by atoms with Crippen LogP contribution in [0.5, 0.6) is 0 Å². The number of para-hydroxylation sites is 1. The van der Waals surface area contributed by atoms with Crippen molar-refractivity contribution in [3.63, 3.8) is 0 Å². The molecule has 0 aliphatic carbocycles. The molecule has 0 radical (unpaired) electrons. The minimum absolute atomic E-state index is 0.0469. The fourth-order valence-electron chi connectivity index (χ4n) is 1.59. The van der Waals surface area contributed by atoms with Gasteiger partial charge in [0.1, 0.15) is 0 Å². The van der Waals surface area contributed by atoms with Crippen LogP contribution in [0.25, 0.3) is 0 Å². The number of anilines is 1. The summed E-state index contributed by atoms with van der Waals surface area (Å²) in [6.07, 6.45) is 0.0497. The number of hydrogen-bond acceptors (Lipinski definition) is 2. The Labute approximate surface area is 109 Å². The lowest BCUT2D eigenvalue weighted by atomic mass is 9.89. The minimum Gasteiger partial charge on any atom is -0.379 e. The van der Waals surface area contributed by atoms with Gasteiger partial charge in [0.25, 0.3) is 0 Å². The van der Waals surface area contributed by atoms with Crippen LogP contribution in [0.3, 0.4) is 0 Å². The second-order valence-electron chi connectivity index (χ2n) is 5.31. The molecule has 18 heavy (non-hydrogen) atoms. The molecule has 0 fully saturated rings. The SMILES string of the molecule is COC(CN=C(N)Nc1ccccc1)C(C)(C)C. The predicted octanol–water partition coefficient (Wildman–Crippen LogP) is 2.47. The largest absolute Gasteiger partial charge is 0.379 e. The summed E-state index contributed by atoms with van der Waals surface area (Å²) in [5, 5.41) is 3.04. The molecule has 4 nitrogen and oxygen atoms in total. The van der Waals surface area contributed by atoms with Crippen LogP contribution in [0, 0.1) is 5.41 Å². The van der Waals surface area contributed by atoms with Gasteiger partial charge >= 0.3 is 0 Å². The second kappa shape index (κ2) is 6.40. The minimum atomic E-state index is 0.0469. The first-order chi connectivity index (χ1) is 8.43. The molecule has 0 aliphatic heterocycles. The summed E-state index contributed by atoms with van der Waals surface area (Å²) in [5.74, 6) is 0.410. The van der Waals surface area contributed by atoms with E-state index in [0.29, 0.717) is 12.5 Å². The van der Waals surface area contributed by atoms with Crippen LogP contribution < -0.4 is 11.1 Å². The normalized spacial score (nSPS) is 14.3. The second-order valence-corrected chi connectivity index (χ2v) is 5.31. The summed E-state index contributed by atoms with van der Waals surface area (Å²) in [6, 6.07) is 9.74. The molecule has 0 spiro atoms. The molecule has 0 amide bonds. The fraction of sp³-hybridized carbons (Fsp3) is 0.500. The molecular weight excluding hydrogens is 226 g/mol. The van der Waals surface area contributed by atoms with Crippen molar-refractivity contribution >= 4 is 11.6 Å². The maximum atomic E-state index is 5.84. The highest BCUT2D eigenvalue weighted by Crippen LogP contribution is 2.21. The molecule has 100 valence electrons. The van der Waals surface area contributed by atoms with E-state index in [1.807, 2.05) is 30.3 Å². The Morgan fingerprint density at radius 1 is 1.33 bits per heavy atom. The molecule has 0 bridgehead atoms. The van der Waals surface area contributed by atoms with E-state index in [1.54, 1.807) is 7.11 Å². The van der Waals surface area contributed by atoms with Gasteiger partial charge in [-0.15, -0.1) is 0 Å². The number of rotatable bonds is 4. The molecule has 0 aliphatic rings. The zero-order valence-electron chi connectivity index (χ0n) is 11.6. The predicted molar refractivity (Wildman–Crippen MR) is 76.8 cm³/mol. The number of nitrogens with one attached hydrogen (secondary N) is 1. The molecular formula is C14H23N3O. The maximum Gasteiger partial charge on any atom is 0.193 e. The summed E-state index contributed by atoms with van der Waals surface area (Å²) < 4.78 is 5.42. The first kappa shape index (κ1) is 14.5. The lowest BCUT2D eigenvalue weighted by molar-refractivity contribution is 0.0242. The standard InChI is InChI=1S/C14H23N3O/c1-14(2,3)12(18-4)10-16-13(15)17-11-8-6-5-7-9-11/h5-9,12H,10H2,1-4H3,(H3,15,16,17). The highest BCUT2D eigenvalue weighted by molar-refractivity contribution is 5.92. The highest BCUT2D eigenvalue weighted by Gasteiger charge is 2.23. The van der Waals surface area contributed by atoms with E-state index >= 15 is 0 Å². The quantitative estimate of drug-likeness (QED) is 0.636. The number of nitrogens with zero attached hydrogens (tertiary/aromatic N) is 1. The summed E-state index contributed by atoms with van der Waals surface area (Å²) in [7, 11) is 1.70. The van der Waals surface area contributed by atoms with Crippen molar-refractivity contribution in [1.29, 1.82) is 0 Å². The molecule has 0 saturated carbocycles. The average Bonchev–Trinajstić information content (AvgIpc) is 2.29. The fourth-order valence-corrected chi connectivity index (χ4v) is 1.59. The average molecular weight is 249 g/mol. The van der Waals surface area contributed by atoms with Gasteiger partial charge in [-0.1, -0.05) is 39.0 Å². The van der Waals surface area contributed by atoms with E-state index in [9.17, 15) is 0 Å². The third kappa shape index (κ3) is 4.75. The van der Waals surface area contributed by atoms with Gasteiger partial charge in [-0.3, -0.25) is 4.99 Å². The number of nitrogens with two attached hydrogens (primary N) is 1. The summed E-state index contributed by atoms with van der Waals surface area (Å²) in [6.45, 7) is 6.91. The van der Waals surface area contributed by atoms with Gasteiger partial charge in [0.15, 0.2) is 5.96 Å². The molecule has 1 aromatic rings. The molecule has 1 rings (SSSR count). The molecule has 3 N–H and O–H groups in total. The van der Waals surface area contributed by atoms with Crippen LogP contribution in [0.4, 0.5) is 5.69 Å². The van der Waals surface area contributed by atoms with E-state index < -0.39 is 0 Å². The Balaban J connectivity index is 2.56. The number of guanidine groups is 1. The van der Waals surface area contributed by atoms with Crippen molar-refractivity contribution in [3.05, 3.63) is 30.3 Å². The molecule has 1 aromatic carbocycles. The Morgan fingerprint density at radius 2 is 1.94 bits per heavy atom. The first-order valence-electron chi connectivity index (χ1n) is 6.08. The molecule has 1 atom stereocenters. The van der Waals surface area contributed by atoms with Crippen LogP contribution in [-0.2, 0) is 4.74 Å². The summed E-state index contributed by atoms with van der Waals surface area (Å²) in [4.78, 5) is 4.32. The molecule has 4 heteroatoms. The van der Waals surface area contributed by atoms with Crippen molar-refractivity contribution in [2.24, 2.45) is 16.1 Å². The molecule has 1 unspecified atom stereocenters. The zero-order chi connectivity index (χ0) is 13.6. The number of aliphatic imine (C=N–C) groups is 1. The number of hydrogen-bond donors (Lipinski definition) is 2.